The predicted molar refractivity (Wildman–Crippen MR) is 141 cm³/mol. The molecule has 3 rings (SSSR count). The summed E-state index contributed by atoms with van der Waals surface area (Å²) in [6, 6.07) is 0.729. The van der Waals surface area contributed by atoms with Gasteiger partial charge in [-0.3, -0.25) is 4.79 Å². The van der Waals surface area contributed by atoms with Crippen molar-refractivity contribution in [2.24, 2.45) is 17.8 Å². The fourth-order valence-electron chi connectivity index (χ4n) is 6.60. The normalized spacial score (nSPS) is 43.0. The monoisotopic (exact) mass is 494 g/mol. The van der Waals surface area contributed by atoms with Crippen molar-refractivity contribution in [1.29, 1.82) is 0 Å². The van der Waals surface area contributed by atoms with Crippen LogP contribution in [0.1, 0.15) is 111 Å². The SMILES string of the molecule is CC1CCCC[C@@](C)(O)[C@H](O[C@H]2C[C@@H](N(C)C)C[C@@H](C)O2)CC[C@@H](C)C(=O)N[C@H]2CCCC[C@H]2C1. The lowest BCUT2D eigenvalue weighted by atomic mass is 9.78. The zero-order chi connectivity index (χ0) is 25.6. The molecule has 2 saturated heterocycles. The van der Waals surface area contributed by atoms with Crippen molar-refractivity contribution in [2.75, 3.05) is 14.1 Å². The van der Waals surface area contributed by atoms with Crippen LogP contribution in [0.4, 0.5) is 0 Å². The third-order valence-corrected chi connectivity index (χ3v) is 9.07. The third kappa shape index (κ3) is 8.69. The Balaban J connectivity index is 1.71. The minimum absolute atomic E-state index is 0.0947. The van der Waals surface area contributed by atoms with Crippen LogP contribution in [-0.4, -0.2) is 66.2 Å². The number of hydrogen-bond donors (Lipinski definition) is 2. The number of carbonyl (C=O) groups is 1. The van der Waals surface area contributed by atoms with Crippen molar-refractivity contribution in [2.45, 2.75) is 147 Å². The number of ether oxygens (including phenoxy) is 2. The molecule has 0 aromatic rings. The highest BCUT2D eigenvalue weighted by atomic mass is 16.7. The summed E-state index contributed by atoms with van der Waals surface area (Å²) in [7, 11) is 4.22. The van der Waals surface area contributed by atoms with Crippen LogP contribution in [-0.2, 0) is 14.3 Å². The second kappa shape index (κ2) is 13.2. The summed E-state index contributed by atoms with van der Waals surface area (Å²) < 4.78 is 12.7. The van der Waals surface area contributed by atoms with E-state index in [1.165, 1.54) is 32.1 Å². The topological polar surface area (TPSA) is 71.0 Å². The molecule has 0 bridgehead atoms. The molecule has 3 fully saturated rings. The van der Waals surface area contributed by atoms with Gasteiger partial charge in [0.2, 0.25) is 5.91 Å². The van der Waals surface area contributed by atoms with Gasteiger partial charge in [-0.25, -0.2) is 0 Å². The van der Waals surface area contributed by atoms with E-state index in [9.17, 15) is 9.90 Å². The Morgan fingerprint density at radius 3 is 2.43 bits per heavy atom. The molecule has 1 unspecified atom stereocenters. The van der Waals surface area contributed by atoms with E-state index in [2.05, 4.69) is 38.2 Å². The molecule has 1 amide bonds. The summed E-state index contributed by atoms with van der Waals surface area (Å²) in [5, 5.41) is 15.0. The Labute approximate surface area is 214 Å². The van der Waals surface area contributed by atoms with E-state index in [-0.39, 0.29) is 30.3 Å². The first-order valence-corrected chi connectivity index (χ1v) is 14.5. The molecular formula is C29H54N2O4. The quantitative estimate of drug-likeness (QED) is 0.559. The summed E-state index contributed by atoms with van der Waals surface area (Å²) in [5.74, 6) is 1.33. The molecule has 2 N–H and O–H groups in total. The molecule has 0 spiro atoms. The second-order valence-electron chi connectivity index (χ2n) is 12.7. The fourth-order valence-corrected chi connectivity index (χ4v) is 6.60. The van der Waals surface area contributed by atoms with E-state index in [0.29, 0.717) is 36.8 Å². The van der Waals surface area contributed by atoms with Crippen LogP contribution in [0.3, 0.4) is 0 Å². The molecule has 204 valence electrons. The zero-order valence-electron chi connectivity index (χ0n) is 23.4. The van der Waals surface area contributed by atoms with E-state index in [1.807, 2.05) is 13.8 Å². The summed E-state index contributed by atoms with van der Waals surface area (Å²) in [4.78, 5) is 15.4. The first kappa shape index (κ1) is 28.9. The van der Waals surface area contributed by atoms with Gasteiger partial charge in [0.25, 0.3) is 0 Å². The van der Waals surface area contributed by atoms with Crippen molar-refractivity contribution in [1.82, 2.24) is 10.2 Å². The minimum Gasteiger partial charge on any atom is -0.387 e. The molecule has 0 aromatic heterocycles. The first-order valence-electron chi connectivity index (χ1n) is 14.5. The number of hydrogen-bond acceptors (Lipinski definition) is 5. The standard InChI is InChI=1S/C29H54N2O4/c1-20-11-9-10-16-29(4,33)26(35-27-19-24(31(5)6)18-22(3)34-27)15-14-21(2)28(32)30-25-13-8-7-12-23(25)17-20/h20-27,33H,7-19H2,1-6H3,(H,30,32)/t20?,21-,22-,23+,24+,25+,26-,27+,29-/m1/s1. The molecule has 9 atom stereocenters. The van der Waals surface area contributed by atoms with E-state index in [4.69, 9.17) is 9.47 Å². The van der Waals surface area contributed by atoms with Crippen molar-refractivity contribution >= 4 is 5.91 Å². The number of nitrogens with zero attached hydrogens (tertiary/aromatic N) is 1. The number of nitrogens with one attached hydrogen (secondary N) is 1. The van der Waals surface area contributed by atoms with Gasteiger partial charge in [0, 0.05) is 24.4 Å². The van der Waals surface area contributed by atoms with Crippen LogP contribution in [0.15, 0.2) is 0 Å². The molecular weight excluding hydrogens is 440 g/mol. The highest BCUT2D eigenvalue weighted by molar-refractivity contribution is 5.78. The average Bonchev–Trinajstić information content (AvgIpc) is 2.79. The van der Waals surface area contributed by atoms with Gasteiger partial charge in [-0.05, 0) is 84.7 Å². The van der Waals surface area contributed by atoms with Crippen LogP contribution in [0, 0.1) is 17.8 Å². The van der Waals surface area contributed by atoms with Gasteiger partial charge in [-0.15, -0.1) is 0 Å². The Kier molecular flexibility index (Phi) is 10.9. The highest BCUT2D eigenvalue weighted by Gasteiger charge is 2.38. The van der Waals surface area contributed by atoms with Crippen LogP contribution in [0.25, 0.3) is 0 Å². The number of amides is 1. The smallest absolute Gasteiger partial charge is 0.223 e. The maximum absolute atomic E-state index is 13.2. The van der Waals surface area contributed by atoms with Crippen LogP contribution in [0.5, 0.6) is 0 Å². The Morgan fingerprint density at radius 1 is 0.971 bits per heavy atom. The molecule has 1 saturated carbocycles. The molecule has 1 aliphatic carbocycles. The Morgan fingerprint density at radius 2 is 1.69 bits per heavy atom. The van der Waals surface area contributed by atoms with Crippen LogP contribution >= 0.6 is 0 Å². The Bertz CT molecular complexity index is 655. The molecule has 2 heterocycles. The molecule has 3 aliphatic rings. The molecule has 6 heteroatoms. The Hall–Kier alpha value is -0.690. The van der Waals surface area contributed by atoms with Crippen molar-refractivity contribution in [3.8, 4) is 0 Å². The van der Waals surface area contributed by atoms with Crippen molar-refractivity contribution in [3.05, 3.63) is 0 Å². The average molecular weight is 495 g/mol. The lowest BCUT2D eigenvalue weighted by molar-refractivity contribution is -0.251. The van der Waals surface area contributed by atoms with Gasteiger partial charge in [0.05, 0.1) is 17.8 Å². The fraction of sp³-hybridized carbons (Fsp3) is 0.966. The third-order valence-electron chi connectivity index (χ3n) is 9.07. The van der Waals surface area contributed by atoms with E-state index < -0.39 is 5.60 Å². The van der Waals surface area contributed by atoms with Gasteiger partial charge >= 0.3 is 0 Å². The molecule has 2 aliphatic heterocycles. The largest absolute Gasteiger partial charge is 0.387 e. The maximum atomic E-state index is 13.2. The summed E-state index contributed by atoms with van der Waals surface area (Å²) in [6.45, 7) is 8.42. The van der Waals surface area contributed by atoms with E-state index in [1.54, 1.807) is 0 Å². The van der Waals surface area contributed by atoms with Gasteiger partial charge in [0.15, 0.2) is 6.29 Å². The highest BCUT2D eigenvalue weighted by Crippen LogP contribution is 2.34. The second-order valence-corrected chi connectivity index (χ2v) is 12.7. The molecule has 35 heavy (non-hydrogen) atoms. The van der Waals surface area contributed by atoms with Crippen LogP contribution < -0.4 is 5.32 Å². The summed E-state index contributed by atoms with van der Waals surface area (Å²) in [6.07, 6.45) is 12.7. The lowest BCUT2D eigenvalue weighted by Crippen LogP contribution is -2.49. The predicted octanol–water partition coefficient (Wildman–Crippen LogP) is 5.27. The number of carbonyl (C=O) groups excluding carboxylic acids is 1. The summed E-state index contributed by atoms with van der Waals surface area (Å²) >= 11 is 0. The maximum Gasteiger partial charge on any atom is 0.223 e. The number of aliphatic hydroxyl groups is 1. The van der Waals surface area contributed by atoms with Gasteiger partial charge in [-0.1, -0.05) is 46.0 Å². The lowest BCUT2D eigenvalue weighted by Gasteiger charge is -2.41. The minimum atomic E-state index is -0.939. The number of rotatable bonds is 3. The van der Waals surface area contributed by atoms with Gasteiger partial charge in [-0.2, -0.15) is 0 Å². The van der Waals surface area contributed by atoms with Gasteiger partial charge < -0.3 is 24.8 Å². The molecule has 6 nitrogen and oxygen atoms in total. The number of fused-ring (bicyclic) bond motifs is 1. The first-order chi connectivity index (χ1) is 16.5. The van der Waals surface area contributed by atoms with Crippen molar-refractivity contribution in [3.63, 3.8) is 0 Å². The van der Waals surface area contributed by atoms with Crippen LogP contribution in [0.2, 0.25) is 0 Å². The zero-order valence-corrected chi connectivity index (χ0v) is 23.4. The molecule has 0 aromatic carbocycles. The molecule has 0 radical (unpaired) electrons. The van der Waals surface area contributed by atoms with E-state index in [0.717, 1.165) is 38.5 Å². The van der Waals surface area contributed by atoms with E-state index >= 15 is 0 Å². The van der Waals surface area contributed by atoms with Gasteiger partial charge in [0.1, 0.15) is 0 Å². The summed E-state index contributed by atoms with van der Waals surface area (Å²) in [5.41, 5.74) is -0.939. The van der Waals surface area contributed by atoms with Crippen molar-refractivity contribution < 1.29 is 19.4 Å².